The van der Waals surface area contributed by atoms with Gasteiger partial charge in [-0.05, 0) is 39.3 Å². The molecule has 1 fully saturated rings. The molecule has 4 heteroatoms. The molecule has 18 heavy (non-hydrogen) atoms. The molecule has 0 radical (unpaired) electrons. The molecule has 0 aromatic carbocycles. The summed E-state index contributed by atoms with van der Waals surface area (Å²) in [6, 6.07) is 0.353. The summed E-state index contributed by atoms with van der Waals surface area (Å²) in [6.45, 7) is 7.93. The van der Waals surface area contributed by atoms with Gasteiger partial charge in [0, 0.05) is 32.1 Å². The molecule has 1 heterocycles. The monoisotopic (exact) mass is 255 g/mol. The van der Waals surface area contributed by atoms with Crippen molar-refractivity contribution >= 4 is 5.91 Å². The van der Waals surface area contributed by atoms with Crippen LogP contribution in [0, 0.1) is 5.92 Å². The Balaban J connectivity index is 2.35. The van der Waals surface area contributed by atoms with Crippen LogP contribution in [-0.2, 0) is 4.79 Å². The van der Waals surface area contributed by atoms with E-state index in [1.54, 1.807) is 0 Å². The van der Waals surface area contributed by atoms with Crippen LogP contribution < -0.4 is 5.73 Å². The summed E-state index contributed by atoms with van der Waals surface area (Å²) < 4.78 is 0. The van der Waals surface area contributed by atoms with Gasteiger partial charge in [0.25, 0.3) is 0 Å². The maximum atomic E-state index is 12.2. The van der Waals surface area contributed by atoms with Gasteiger partial charge in [-0.2, -0.15) is 0 Å². The molecule has 1 aliphatic rings. The van der Waals surface area contributed by atoms with Gasteiger partial charge in [0.2, 0.25) is 5.91 Å². The van der Waals surface area contributed by atoms with Crippen molar-refractivity contribution < 1.29 is 4.79 Å². The Morgan fingerprint density at radius 3 is 2.67 bits per heavy atom. The lowest BCUT2D eigenvalue weighted by Gasteiger charge is -2.38. The molecule has 1 amide bonds. The number of hydrogen-bond donors (Lipinski definition) is 1. The molecule has 1 rings (SSSR count). The summed E-state index contributed by atoms with van der Waals surface area (Å²) in [7, 11) is 2.12. The Morgan fingerprint density at radius 2 is 2.11 bits per heavy atom. The standard InChI is InChI=1S/C14H29N3O/c1-4-13(7-8-15)5-6-14(18)17-10-9-16(3)11-12(17)2/h12-13H,4-11,15H2,1-3H3. The molecule has 0 aromatic heterocycles. The number of carbonyl (C=O) groups is 1. The van der Waals surface area contributed by atoms with E-state index in [1.165, 1.54) is 0 Å². The molecule has 0 saturated carbocycles. The Labute approximate surface area is 111 Å². The molecule has 106 valence electrons. The maximum Gasteiger partial charge on any atom is 0.222 e. The van der Waals surface area contributed by atoms with E-state index in [2.05, 4.69) is 30.7 Å². The fourth-order valence-corrected chi connectivity index (χ4v) is 2.77. The molecular formula is C14H29N3O. The van der Waals surface area contributed by atoms with Gasteiger partial charge in [-0.1, -0.05) is 13.3 Å². The van der Waals surface area contributed by atoms with Crippen LogP contribution in [0.25, 0.3) is 0 Å². The Hall–Kier alpha value is -0.610. The van der Waals surface area contributed by atoms with Crippen LogP contribution in [0.1, 0.15) is 39.5 Å². The van der Waals surface area contributed by atoms with Gasteiger partial charge in [0.1, 0.15) is 0 Å². The summed E-state index contributed by atoms with van der Waals surface area (Å²) in [5.41, 5.74) is 5.59. The van der Waals surface area contributed by atoms with Gasteiger partial charge in [0.15, 0.2) is 0 Å². The van der Waals surface area contributed by atoms with E-state index in [4.69, 9.17) is 5.73 Å². The predicted octanol–water partition coefficient (Wildman–Crippen LogP) is 1.30. The third kappa shape index (κ3) is 4.58. The third-order valence-electron chi connectivity index (χ3n) is 4.07. The van der Waals surface area contributed by atoms with Crippen molar-refractivity contribution in [2.24, 2.45) is 11.7 Å². The highest BCUT2D eigenvalue weighted by Crippen LogP contribution is 2.17. The smallest absolute Gasteiger partial charge is 0.222 e. The SMILES string of the molecule is CCC(CCN)CCC(=O)N1CCN(C)CC1C. The summed E-state index contributed by atoms with van der Waals surface area (Å²) >= 11 is 0. The van der Waals surface area contributed by atoms with Crippen LogP contribution >= 0.6 is 0 Å². The van der Waals surface area contributed by atoms with Crippen LogP contribution in [-0.4, -0.2) is 55.0 Å². The summed E-state index contributed by atoms with van der Waals surface area (Å²) in [6.07, 6.45) is 3.85. The molecule has 2 atom stereocenters. The number of hydrogen-bond acceptors (Lipinski definition) is 3. The molecule has 0 spiro atoms. The van der Waals surface area contributed by atoms with Crippen molar-refractivity contribution in [3.8, 4) is 0 Å². The van der Waals surface area contributed by atoms with E-state index in [0.29, 0.717) is 24.3 Å². The van der Waals surface area contributed by atoms with E-state index < -0.39 is 0 Å². The molecule has 1 aliphatic heterocycles. The zero-order chi connectivity index (χ0) is 13.5. The average Bonchev–Trinajstić information content (AvgIpc) is 2.34. The van der Waals surface area contributed by atoms with E-state index in [0.717, 1.165) is 45.4 Å². The average molecular weight is 255 g/mol. The van der Waals surface area contributed by atoms with Crippen LogP contribution in [0.4, 0.5) is 0 Å². The van der Waals surface area contributed by atoms with Crippen molar-refractivity contribution in [3.05, 3.63) is 0 Å². The lowest BCUT2D eigenvalue weighted by Crippen LogP contribution is -2.52. The molecule has 0 aromatic rings. The minimum absolute atomic E-state index is 0.325. The van der Waals surface area contributed by atoms with E-state index in [9.17, 15) is 4.79 Å². The summed E-state index contributed by atoms with van der Waals surface area (Å²) in [5, 5.41) is 0. The minimum Gasteiger partial charge on any atom is -0.337 e. The third-order valence-corrected chi connectivity index (χ3v) is 4.07. The quantitative estimate of drug-likeness (QED) is 0.778. The highest BCUT2D eigenvalue weighted by Gasteiger charge is 2.25. The van der Waals surface area contributed by atoms with E-state index >= 15 is 0 Å². The number of rotatable bonds is 6. The molecular weight excluding hydrogens is 226 g/mol. The number of amides is 1. The number of likely N-dealkylation sites (N-methyl/N-ethyl adjacent to an activating group) is 1. The maximum absolute atomic E-state index is 12.2. The Bertz CT molecular complexity index is 257. The minimum atomic E-state index is 0.325. The summed E-state index contributed by atoms with van der Waals surface area (Å²) in [5.74, 6) is 0.938. The number of nitrogens with two attached hydrogens (primary N) is 1. The van der Waals surface area contributed by atoms with Gasteiger partial charge < -0.3 is 15.5 Å². The zero-order valence-corrected chi connectivity index (χ0v) is 12.2. The second-order valence-electron chi connectivity index (χ2n) is 5.59. The first kappa shape index (κ1) is 15.4. The molecule has 0 bridgehead atoms. The zero-order valence-electron chi connectivity index (χ0n) is 12.2. The van der Waals surface area contributed by atoms with Gasteiger partial charge >= 0.3 is 0 Å². The number of piperazine rings is 1. The predicted molar refractivity (Wildman–Crippen MR) is 75.4 cm³/mol. The van der Waals surface area contributed by atoms with Crippen molar-refractivity contribution in [2.75, 3.05) is 33.2 Å². The topological polar surface area (TPSA) is 49.6 Å². The van der Waals surface area contributed by atoms with Crippen LogP contribution in [0.5, 0.6) is 0 Å². The fourth-order valence-electron chi connectivity index (χ4n) is 2.77. The van der Waals surface area contributed by atoms with Crippen molar-refractivity contribution in [2.45, 2.75) is 45.6 Å². The van der Waals surface area contributed by atoms with Crippen molar-refractivity contribution in [1.29, 1.82) is 0 Å². The first-order chi connectivity index (χ1) is 8.58. The van der Waals surface area contributed by atoms with E-state index in [-0.39, 0.29) is 0 Å². The fraction of sp³-hybridized carbons (Fsp3) is 0.929. The van der Waals surface area contributed by atoms with Crippen LogP contribution in [0.3, 0.4) is 0 Å². The number of carbonyl (C=O) groups excluding carboxylic acids is 1. The number of nitrogens with zero attached hydrogens (tertiary/aromatic N) is 2. The van der Waals surface area contributed by atoms with Gasteiger partial charge in [-0.3, -0.25) is 4.79 Å². The highest BCUT2D eigenvalue weighted by molar-refractivity contribution is 5.76. The second-order valence-corrected chi connectivity index (χ2v) is 5.59. The second kappa shape index (κ2) is 7.74. The Morgan fingerprint density at radius 1 is 1.39 bits per heavy atom. The molecule has 2 N–H and O–H groups in total. The highest BCUT2D eigenvalue weighted by atomic mass is 16.2. The largest absolute Gasteiger partial charge is 0.337 e. The van der Waals surface area contributed by atoms with Gasteiger partial charge in [-0.25, -0.2) is 0 Å². The van der Waals surface area contributed by atoms with E-state index in [1.807, 2.05) is 0 Å². The molecule has 0 aliphatic carbocycles. The first-order valence-corrected chi connectivity index (χ1v) is 7.26. The lowest BCUT2D eigenvalue weighted by atomic mass is 9.96. The summed E-state index contributed by atoms with van der Waals surface area (Å²) in [4.78, 5) is 16.6. The normalized spacial score (nSPS) is 23.1. The van der Waals surface area contributed by atoms with Gasteiger partial charge in [-0.15, -0.1) is 0 Å². The first-order valence-electron chi connectivity index (χ1n) is 7.26. The lowest BCUT2D eigenvalue weighted by molar-refractivity contribution is -0.135. The van der Waals surface area contributed by atoms with Crippen LogP contribution in [0.2, 0.25) is 0 Å². The molecule has 4 nitrogen and oxygen atoms in total. The molecule has 2 unspecified atom stereocenters. The van der Waals surface area contributed by atoms with Gasteiger partial charge in [0.05, 0.1) is 0 Å². The van der Waals surface area contributed by atoms with Crippen LogP contribution in [0.15, 0.2) is 0 Å². The molecule has 1 saturated heterocycles. The Kier molecular flexibility index (Phi) is 6.65. The van der Waals surface area contributed by atoms with Crippen molar-refractivity contribution in [1.82, 2.24) is 9.80 Å². The van der Waals surface area contributed by atoms with Crippen molar-refractivity contribution in [3.63, 3.8) is 0 Å².